The van der Waals surface area contributed by atoms with Crippen molar-refractivity contribution in [2.75, 3.05) is 19.0 Å². The molecule has 0 aliphatic heterocycles. The van der Waals surface area contributed by atoms with Crippen LogP contribution in [0.5, 0.6) is 11.6 Å². The molecule has 7 heteroatoms. The Bertz CT molecular complexity index is 1650. The lowest BCUT2D eigenvalue weighted by molar-refractivity contribution is -0.117. The number of fused-ring (bicyclic) bond motifs is 2. The zero-order chi connectivity index (χ0) is 26.1. The van der Waals surface area contributed by atoms with E-state index in [9.17, 15) is 4.79 Å². The van der Waals surface area contributed by atoms with Crippen LogP contribution in [0, 0.1) is 13.8 Å². The predicted octanol–water partition coefficient (Wildman–Crippen LogP) is 6.66. The molecule has 0 unspecified atom stereocenters. The Morgan fingerprint density at radius 2 is 1.70 bits per heavy atom. The van der Waals surface area contributed by atoms with E-state index in [1.54, 1.807) is 6.07 Å². The minimum Gasteiger partial charge on any atom is -0.438 e. The first-order chi connectivity index (χ1) is 17.8. The number of Topliss-reactive ketones (excluding diaryl/α,β-unsaturated/α-hetero) is 1. The summed E-state index contributed by atoms with van der Waals surface area (Å²) in [6, 6.07) is 19.4. The van der Waals surface area contributed by atoms with Crippen LogP contribution >= 0.6 is 11.6 Å². The van der Waals surface area contributed by atoms with Gasteiger partial charge in [0.15, 0.2) is 0 Å². The second kappa shape index (κ2) is 10.1. The number of nitrogens with zero attached hydrogens (tertiary/aromatic N) is 4. The Morgan fingerprint density at radius 1 is 0.892 bits per heavy atom. The summed E-state index contributed by atoms with van der Waals surface area (Å²) in [7, 11) is 3.93. The van der Waals surface area contributed by atoms with Crippen LogP contribution in [0.15, 0.2) is 67.0 Å². The zero-order valence-electron chi connectivity index (χ0n) is 21.2. The number of carbonyl (C=O) groups is 1. The SMILES string of the molecule is Cc1cc2ncnc(Oc3ccc(CC(=O)Cc4ccc5nc(N(C)C)ccc5c4)c(Cl)c3)c2cc1C. The molecule has 0 fully saturated rings. The fourth-order valence-electron chi connectivity index (χ4n) is 4.25. The van der Waals surface area contributed by atoms with E-state index in [-0.39, 0.29) is 12.2 Å². The molecule has 0 saturated heterocycles. The van der Waals surface area contributed by atoms with Crippen LogP contribution in [-0.4, -0.2) is 34.8 Å². The van der Waals surface area contributed by atoms with E-state index in [0.717, 1.165) is 49.9 Å². The molecule has 5 rings (SSSR count). The van der Waals surface area contributed by atoms with Crippen molar-refractivity contribution in [1.82, 2.24) is 15.0 Å². The second-order valence-electron chi connectivity index (χ2n) is 9.47. The first-order valence-electron chi connectivity index (χ1n) is 12.0. The smallest absolute Gasteiger partial charge is 0.230 e. The number of hydrogen-bond donors (Lipinski definition) is 0. The molecule has 37 heavy (non-hydrogen) atoms. The number of ketones is 1. The van der Waals surface area contributed by atoms with Crippen LogP contribution in [-0.2, 0) is 17.6 Å². The molecule has 0 aliphatic rings. The van der Waals surface area contributed by atoms with Gasteiger partial charge in [-0.05, 0) is 84.6 Å². The topological polar surface area (TPSA) is 68.2 Å². The third kappa shape index (κ3) is 5.39. The predicted molar refractivity (Wildman–Crippen MR) is 149 cm³/mol. The molecule has 0 aliphatic carbocycles. The van der Waals surface area contributed by atoms with Gasteiger partial charge in [0.1, 0.15) is 23.7 Å². The summed E-state index contributed by atoms with van der Waals surface area (Å²) >= 11 is 6.55. The molecule has 0 radical (unpaired) electrons. The summed E-state index contributed by atoms with van der Waals surface area (Å²) in [6.45, 7) is 4.10. The van der Waals surface area contributed by atoms with E-state index in [1.807, 2.05) is 80.5 Å². The number of anilines is 1. The second-order valence-corrected chi connectivity index (χ2v) is 9.88. The van der Waals surface area contributed by atoms with Gasteiger partial charge in [-0.25, -0.2) is 15.0 Å². The molecule has 5 aromatic rings. The van der Waals surface area contributed by atoms with Crippen LogP contribution in [0.2, 0.25) is 5.02 Å². The number of benzene rings is 3. The number of aromatic nitrogens is 3. The van der Waals surface area contributed by atoms with Crippen LogP contribution in [0.3, 0.4) is 0 Å². The highest BCUT2D eigenvalue weighted by molar-refractivity contribution is 6.31. The van der Waals surface area contributed by atoms with Crippen molar-refractivity contribution in [2.24, 2.45) is 0 Å². The summed E-state index contributed by atoms with van der Waals surface area (Å²) < 4.78 is 6.06. The molecule has 6 nitrogen and oxygen atoms in total. The lowest BCUT2D eigenvalue weighted by Gasteiger charge is -2.12. The summed E-state index contributed by atoms with van der Waals surface area (Å²) in [5, 5.41) is 2.33. The number of halogens is 1. The number of ether oxygens (including phenoxy) is 1. The molecular formula is C30H27ClN4O2. The molecule has 0 saturated carbocycles. The van der Waals surface area contributed by atoms with Crippen molar-refractivity contribution in [3.63, 3.8) is 0 Å². The molecule has 0 spiro atoms. The maximum Gasteiger partial charge on any atom is 0.230 e. The average Bonchev–Trinajstić information content (AvgIpc) is 2.86. The maximum atomic E-state index is 12.9. The Balaban J connectivity index is 1.29. The molecule has 0 bridgehead atoms. The van der Waals surface area contributed by atoms with Gasteiger partial charge in [0.25, 0.3) is 0 Å². The highest BCUT2D eigenvalue weighted by Crippen LogP contribution is 2.31. The van der Waals surface area contributed by atoms with Crippen molar-refractivity contribution in [3.05, 3.63) is 94.3 Å². The minimum atomic E-state index is 0.0837. The molecule has 2 heterocycles. The molecule has 0 N–H and O–H groups in total. The normalized spacial score (nSPS) is 11.2. The van der Waals surface area contributed by atoms with Gasteiger partial charge in [-0.2, -0.15) is 0 Å². The fraction of sp³-hybridized carbons (Fsp3) is 0.200. The Hall–Kier alpha value is -4.03. The van der Waals surface area contributed by atoms with Crippen molar-refractivity contribution < 1.29 is 9.53 Å². The Kier molecular flexibility index (Phi) is 6.76. The highest BCUT2D eigenvalue weighted by Gasteiger charge is 2.13. The van der Waals surface area contributed by atoms with E-state index < -0.39 is 0 Å². The summed E-state index contributed by atoms with van der Waals surface area (Å²) in [6.07, 6.45) is 2.06. The van der Waals surface area contributed by atoms with E-state index >= 15 is 0 Å². The third-order valence-electron chi connectivity index (χ3n) is 6.44. The summed E-state index contributed by atoms with van der Waals surface area (Å²) in [4.78, 5) is 28.1. The van der Waals surface area contributed by atoms with Gasteiger partial charge in [0.2, 0.25) is 5.88 Å². The van der Waals surface area contributed by atoms with E-state index in [1.165, 1.54) is 6.33 Å². The first-order valence-corrected chi connectivity index (χ1v) is 12.4. The summed E-state index contributed by atoms with van der Waals surface area (Å²) in [5.74, 6) is 2.01. The lowest BCUT2D eigenvalue weighted by atomic mass is 10.0. The zero-order valence-corrected chi connectivity index (χ0v) is 22.0. The molecule has 2 aromatic heterocycles. The van der Waals surface area contributed by atoms with Gasteiger partial charge in [-0.3, -0.25) is 4.79 Å². The Morgan fingerprint density at radius 3 is 2.49 bits per heavy atom. The maximum absolute atomic E-state index is 12.9. The monoisotopic (exact) mass is 510 g/mol. The number of aryl methyl sites for hydroxylation is 2. The van der Waals surface area contributed by atoms with Crippen molar-refractivity contribution in [2.45, 2.75) is 26.7 Å². The van der Waals surface area contributed by atoms with E-state index in [0.29, 0.717) is 23.1 Å². The number of rotatable bonds is 7. The van der Waals surface area contributed by atoms with E-state index in [2.05, 4.69) is 21.9 Å². The standard InChI is InChI=1S/C30H27ClN4O2/c1-18-11-25-28(12-19(18)2)32-17-33-30(25)37-24-8-6-21(26(31)16-24)15-23(36)14-20-5-9-27-22(13-20)7-10-29(34-27)35(3)4/h5-13,16-17H,14-15H2,1-4H3. The molecule has 0 atom stereocenters. The van der Waals surface area contributed by atoms with Crippen LogP contribution in [0.4, 0.5) is 5.82 Å². The number of hydrogen-bond acceptors (Lipinski definition) is 6. The van der Waals surface area contributed by atoms with E-state index in [4.69, 9.17) is 16.3 Å². The van der Waals surface area contributed by atoms with Gasteiger partial charge in [-0.1, -0.05) is 23.7 Å². The summed E-state index contributed by atoms with van der Waals surface area (Å²) in [5.41, 5.74) is 5.74. The molecule has 0 amide bonds. The number of pyridine rings is 1. The largest absolute Gasteiger partial charge is 0.438 e. The quantitative estimate of drug-likeness (QED) is 0.244. The van der Waals surface area contributed by atoms with Crippen molar-refractivity contribution >= 4 is 45.0 Å². The van der Waals surface area contributed by atoms with Crippen LogP contribution in [0.1, 0.15) is 22.3 Å². The average molecular weight is 511 g/mol. The van der Waals surface area contributed by atoms with Crippen molar-refractivity contribution in [3.8, 4) is 11.6 Å². The highest BCUT2D eigenvalue weighted by atomic mass is 35.5. The minimum absolute atomic E-state index is 0.0837. The van der Waals surface area contributed by atoms with Crippen LogP contribution in [0.25, 0.3) is 21.8 Å². The van der Waals surface area contributed by atoms with Gasteiger partial charge in [0.05, 0.1) is 16.4 Å². The third-order valence-corrected chi connectivity index (χ3v) is 6.79. The number of carbonyl (C=O) groups excluding carboxylic acids is 1. The molecule has 186 valence electrons. The molecular weight excluding hydrogens is 484 g/mol. The van der Waals surface area contributed by atoms with Gasteiger partial charge < -0.3 is 9.64 Å². The van der Waals surface area contributed by atoms with Gasteiger partial charge >= 0.3 is 0 Å². The Labute approximate surface area is 220 Å². The molecule has 3 aromatic carbocycles. The fourth-order valence-corrected chi connectivity index (χ4v) is 4.48. The first kappa shape index (κ1) is 24.7. The van der Waals surface area contributed by atoms with Crippen LogP contribution < -0.4 is 9.64 Å². The van der Waals surface area contributed by atoms with Gasteiger partial charge in [-0.15, -0.1) is 0 Å². The van der Waals surface area contributed by atoms with Crippen molar-refractivity contribution in [1.29, 1.82) is 0 Å². The lowest BCUT2D eigenvalue weighted by Crippen LogP contribution is -2.10. The van der Waals surface area contributed by atoms with Gasteiger partial charge in [0, 0.05) is 37.3 Å².